The van der Waals surface area contributed by atoms with Gasteiger partial charge < -0.3 is 19.9 Å². The molecule has 3 heterocycles. The van der Waals surface area contributed by atoms with E-state index in [0.29, 0.717) is 72.5 Å². The summed E-state index contributed by atoms with van der Waals surface area (Å²) >= 11 is 12.5. The van der Waals surface area contributed by atoms with Crippen molar-refractivity contribution in [2.75, 3.05) is 52.4 Å². The molecule has 0 aliphatic carbocycles. The Balaban J connectivity index is 1.24. The Morgan fingerprint density at radius 3 is 2.26 bits per heavy atom. The van der Waals surface area contributed by atoms with Crippen LogP contribution < -0.4 is 10.1 Å². The summed E-state index contributed by atoms with van der Waals surface area (Å²) in [4.78, 5) is 32.6. The Hall–Kier alpha value is -2.62. The van der Waals surface area contributed by atoms with Crippen LogP contribution in [0, 0.1) is 11.6 Å². The molecule has 5 rings (SSSR count). The number of carbonyl (C=O) groups excluding carboxylic acids is 2. The molecule has 0 radical (unpaired) electrons. The van der Waals surface area contributed by atoms with Crippen molar-refractivity contribution in [1.82, 2.24) is 20.0 Å². The monoisotopic (exact) mass is 636 g/mol. The number of ether oxygens (including phenoxy) is 1. The summed E-state index contributed by atoms with van der Waals surface area (Å²) in [6.45, 7) is 5.37. The molecule has 43 heavy (non-hydrogen) atoms. The number of piperidine rings is 2. The first-order valence-electron chi connectivity index (χ1n) is 15.4. The largest absolute Gasteiger partial charge is 0.492 e. The first-order chi connectivity index (χ1) is 20.8. The maximum Gasteiger partial charge on any atom is 0.318 e. The second-order valence-electron chi connectivity index (χ2n) is 11.8. The summed E-state index contributed by atoms with van der Waals surface area (Å²) in [7, 11) is 0. The number of benzene rings is 2. The van der Waals surface area contributed by atoms with Gasteiger partial charge in [0.2, 0.25) is 5.91 Å². The first-order valence-corrected chi connectivity index (χ1v) is 16.2. The third kappa shape index (κ3) is 8.31. The predicted molar refractivity (Wildman–Crippen MR) is 164 cm³/mol. The van der Waals surface area contributed by atoms with E-state index in [1.165, 1.54) is 25.3 Å². The van der Waals surface area contributed by atoms with Crippen molar-refractivity contribution >= 4 is 35.1 Å². The van der Waals surface area contributed by atoms with Crippen LogP contribution in [0.1, 0.15) is 62.0 Å². The van der Waals surface area contributed by atoms with E-state index in [-0.39, 0.29) is 24.3 Å². The number of likely N-dealkylation sites (tertiary alicyclic amines) is 3. The minimum absolute atomic E-state index is 0.0903. The summed E-state index contributed by atoms with van der Waals surface area (Å²) in [6.07, 6.45) is 6.82. The zero-order valence-corrected chi connectivity index (χ0v) is 25.9. The van der Waals surface area contributed by atoms with Gasteiger partial charge >= 0.3 is 6.03 Å². The number of nitrogens with zero attached hydrogens (tertiary/aromatic N) is 3. The van der Waals surface area contributed by atoms with Crippen molar-refractivity contribution in [1.29, 1.82) is 0 Å². The van der Waals surface area contributed by atoms with E-state index in [1.807, 2.05) is 0 Å². The Morgan fingerprint density at radius 2 is 1.56 bits per heavy atom. The quantitative estimate of drug-likeness (QED) is 0.353. The van der Waals surface area contributed by atoms with E-state index in [0.717, 1.165) is 38.5 Å². The maximum atomic E-state index is 14.4. The lowest BCUT2D eigenvalue weighted by Gasteiger charge is -2.35. The summed E-state index contributed by atoms with van der Waals surface area (Å²) in [5, 5.41) is 3.88. The van der Waals surface area contributed by atoms with Gasteiger partial charge in [0.1, 0.15) is 18.4 Å². The fourth-order valence-corrected chi connectivity index (χ4v) is 6.84. The van der Waals surface area contributed by atoms with E-state index < -0.39 is 17.7 Å². The number of carbonyl (C=O) groups is 2. The van der Waals surface area contributed by atoms with Gasteiger partial charge in [0.05, 0.1) is 0 Å². The molecule has 3 aliphatic heterocycles. The standard InChI is InChI=1S/C32H40Cl2F2N4O3/c33-24-7-6-23(26(34)19-24)18-29(37-32(42)40-12-4-5-13-40)31(41)39-14-8-22(9-15-39)25-20-27(35)28(36)21-30(25)43-17-16-38-10-2-1-3-11-38/h6-7,19-22,29H,1-5,8-18H2,(H,37,42)/t29-/m1/s1. The van der Waals surface area contributed by atoms with Gasteiger partial charge in [0.25, 0.3) is 0 Å². The van der Waals surface area contributed by atoms with Gasteiger partial charge in [-0.25, -0.2) is 13.6 Å². The zero-order valence-electron chi connectivity index (χ0n) is 24.4. The number of amides is 3. The molecule has 7 nitrogen and oxygen atoms in total. The Morgan fingerprint density at radius 1 is 0.884 bits per heavy atom. The number of hydrogen-bond donors (Lipinski definition) is 1. The molecule has 3 saturated heterocycles. The Labute approximate surface area is 262 Å². The van der Waals surface area contributed by atoms with Crippen LogP contribution in [0.2, 0.25) is 10.0 Å². The minimum Gasteiger partial charge on any atom is -0.492 e. The third-order valence-corrected chi connectivity index (χ3v) is 9.43. The lowest BCUT2D eigenvalue weighted by Crippen LogP contribution is -2.54. The lowest BCUT2D eigenvalue weighted by atomic mass is 9.88. The van der Waals surface area contributed by atoms with Gasteiger partial charge in [-0.05, 0) is 81.3 Å². The first kappa shape index (κ1) is 31.8. The number of rotatable bonds is 9. The molecular formula is C32H40Cl2F2N4O3. The topological polar surface area (TPSA) is 65.1 Å². The summed E-state index contributed by atoms with van der Waals surface area (Å²) in [6, 6.07) is 6.44. The van der Waals surface area contributed by atoms with E-state index >= 15 is 0 Å². The highest BCUT2D eigenvalue weighted by molar-refractivity contribution is 6.35. The van der Waals surface area contributed by atoms with Gasteiger partial charge in [-0.2, -0.15) is 0 Å². The molecule has 1 atom stereocenters. The van der Waals surface area contributed by atoms with Crippen LogP contribution in [0.3, 0.4) is 0 Å². The molecule has 11 heteroatoms. The number of nitrogens with one attached hydrogen (secondary N) is 1. The van der Waals surface area contributed by atoms with Gasteiger partial charge in [-0.1, -0.05) is 35.7 Å². The summed E-state index contributed by atoms with van der Waals surface area (Å²) in [5.74, 6) is -1.75. The van der Waals surface area contributed by atoms with Gasteiger partial charge in [0.15, 0.2) is 11.6 Å². The van der Waals surface area contributed by atoms with Crippen molar-refractivity contribution in [2.45, 2.75) is 63.3 Å². The smallest absolute Gasteiger partial charge is 0.318 e. The molecule has 2 aromatic carbocycles. The van der Waals surface area contributed by atoms with Crippen LogP contribution in [0.4, 0.5) is 13.6 Å². The van der Waals surface area contributed by atoms with Crippen molar-refractivity contribution in [2.24, 2.45) is 0 Å². The molecule has 3 amide bonds. The second kappa shape index (κ2) is 14.9. The molecule has 0 bridgehead atoms. The van der Waals surface area contributed by atoms with Crippen molar-refractivity contribution in [3.05, 3.63) is 63.1 Å². The fourth-order valence-electron chi connectivity index (χ4n) is 6.35. The molecule has 234 valence electrons. The highest BCUT2D eigenvalue weighted by Gasteiger charge is 2.33. The van der Waals surface area contributed by atoms with Crippen LogP contribution >= 0.6 is 23.2 Å². The van der Waals surface area contributed by atoms with Crippen molar-refractivity contribution in [3.63, 3.8) is 0 Å². The molecule has 0 saturated carbocycles. The van der Waals surface area contributed by atoms with Crippen LogP contribution in [-0.2, 0) is 11.2 Å². The zero-order chi connectivity index (χ0) is 30.3. The van der Waals surface area contributed by atoms with E-state index in [9.17, 15) is 18.4 Å². The average Bonchev–Trinajstić information content (AvgIpc) is 3.56. The maximum absolute atomic E-state index is 14.4. The van der Waals surface area contributed by atoms with Crippen molar-refractivity contribution in [3.8, 4) is 5.75 Å². The molecule has 3 aliphatic rings. The van der Waals surface area contributed by atoms with Gasteiger partial charge in [-0.15, -0.1) is 0 Å². The predicted octanol–water partition coefficient (Wildman–Crippen LogP) is 6.26. The van der Waals surface area contributed by atoms with E-state index in [1.54, 1.807) is 28.0 Å². The Bertz CT molecular complexity index is 1280. The van der Waals surface area contributed by atoms with E-state index in [2.05, 4.69) is 10.2 Å². The fraction of sp³-hybridized carbons (Fsp3) is 0.562. The van der Waals surface area contributed by atoms with Crippen LogP contribution in [-0.4, -0.2) is 85.1 Å². The van der Waals surface area contributed by atoms with Gasteiger partial charge in [0, 0.05) is 60.8 Å². The average molecular weight is 638 g/mol. The molecule has 0 unspecified atom stereocenters. The number of hydrogen-bond acceptors (Lipinski definition) is 4. The molecule has 2 aromatic rings. The highest BCUT2D eigenvalue weighted by atomic mass is 35.5. The summed E-state index contributed by atoms with van der Waals surface area (Å²) in [5.41, 5.74) is 1.35. The third-order valence-electron chi connectivity index (χ3n) is 8.84. The summed E-state index contributed by atoms with van der Waals surface area (Å²) < 4.78 is 34.6. The van der Waals surface area contributed by atoms with Gasteiger partial charge in [-0.3, -0.25) is 9.69 Å². The SMILES string of the molecule is O=C(N[C@H](Cc1ccc(Cl)cc1Cl)C(=O)N1CCC(c2cc(F)c(F)cc2OCCN2CCCCC2)CC1)N1CCCC1. The van der Waals surface area contributed by atoms with Crippen molar-refractivity contribution < 1.29 is 23.1 Å². The molecule has 0 aromatic heterocycles. The second-order valence-corrected chi connectivity index (χ2v) is 12.6. The van der Waals surface area contributed by atoms with Crippen LogP contribution in [0.25, 0.3) is 0 Å². The Kier molecular flexibility index (Phi) is 11.0. The minimum atomic E-state index is -0.929. The number of urea groups is 1. The molecule has 3 fully saturated rings. The van der Waals surface area contributed by atoms with Crippen LogP contribution in [0.15, 0.2) is 30.3 Å². The van der Waals surface area contributed by atoms with E-state index in [4.69, 9.17) is 27.9 Å². The highest BCUT2D eigenvalue weighted by Crippen LogP contribution is 2.36. The number of halogens is 4. The molecule has 1 N–H and O–H groups in total. The lowest BCUT2D eigenvalue weighted by molar-refractivity contribution is -0.134. The molecule has 0 spiro atoms. The normalized spacial score (nSPS) is 19.0. The van der Waals surface area contributed by atoms with Crippen LogP contribution in [0.5, 0.6) is 5.75 Å². The molecular weight excluding hydrogens is 597 g/mol.